The summed E-state index contributed by atoms with van der Waals surface area (Å²) in [6.45, 7) is 0. The molecular formula is C82H50N4O. The number of benzene rings is 13. The largest absolute Gasteiger partial charge is 0.456 e. The molecule has 0 radical (unpaired) electrons. The van der Waals surface area contributed by atoms with Crippen molar-refractivity contribution in [1.82, 2.24) is 19.5 Å². The van der Waals surface area contributed by atoms with E-state index in [1.807, 2.05) is 12.1 Å². The highest BCUT2D eigenvalue weighted by atomic mass is 16.3. The van der Waals surface area contributed by atoms with Crippen molar-refractivity contribution in [3.8, 4) is 107 Å². The number of hydrogen-bond acceptors (Lipinski definition) is 4. The maximum absolute atomic E-state index is 6.86. The van der Waals surface area contributed by atoms with Crippen LogP contribution in [0.3, 0.4) is 0 Å². The maximum atomic E-state index is 6.86. The fourth-order valence-electron chi connectivity index (χ4n) is 14.5. The van der Waals surface area contributed by atoms with Crippen LogP contribution in [0.5, 0.6) is 0 Å². The van der Waals surface area contributed by atoms with Gasteiger partial charge in [0.15, 0.2) is 17.5 Å². The average Bonchev–Trinajstić information content (AvgIpc) is 1.52. The van der Waals surface area contributed by atoms with Crippen LogP contribution in [0.4, 0.5) is 0 Å². The van der Waals surface area contributed by atoms with E-state index >= 15 is 0 Å². The molecule has 0 amide bonds. The molecule has 87 heavy (non-hydrogen) atoms. The molecule has 2 aliphatic carbocycles. The summed E-state index contributed by atoms with van der Waals surface area (Å²) < 4.78 is 9.36. The van der Waals surface area contributed by atoms with Crippen molar-refractivity contribution in [2.45, 2.75) is 5.41 Å². The molecule has 13 aromatic carbocycles. The van der Waals surface area contributed by atoms with Gasteiger partial charge in [-0.05, 0) is 138 Å². The van der Waals surface area contributed by atoms with E-state index in [9.17, 15) is 0 Å². The molecule has 2 aliphatic rings. The summed E-state index contributed by atoms with van der Waals surface area (Å²) in [4.78, 5) is 16.3. The summed E-state index contributed by atoms with van der Waals surface area (Å²) in [6, 6.07) is 109. The number of fused-ring (bicyclic) bond motifs is 17. The van der Waals surface area contributed by atoms with E-state index in [0.29, 0.717) is 17.5 Å². The van der Waals surface area contributed by atoms with E-state index < -0.39 is 5.41 Å². The lowest BCUT2D eigenvalue weighted by molar-refractivity contribution is 0.669. The Kier molecular flexibility index (Phi) is 10.8. The molecule has 404 valence electrons. The van der Waals surface area contributed by atoms with E-state index in [1.54, 1.807) is 0 Å². The standard InChI is InChI=1S/C82H50N4O/c1-4-20-51(21-5-1)54-38-40-55(41-39-54)79-83-80(57-27-18-26-56(46-57)60-48-58(52-22-6-2-7-23-52)47-59(49-60)53-24-8-3-9-25-53)85-81(84-79)67-32-19-37-75-76(67)68-50-61(42-45-74(68)87-75)86-73-36-17-13-30-64(73)65-43-44-72-77(78(65)86)66-31-12-16-35-71(66)82(72)69-33-14-10-28-62(69)63-29-11-15-34-70(63)82/h1-50H. The topological polar surface area (TPSA) is 56.7 Å². The molecular weight excluding hydrogens is 1060 g/mol. The molecule has 0 fully saturated rings. The Morgan fingerprint density at radius 3 is 1.44 bits per heavy atom. The Morgan fingerprint density at radius 2 is 0.759 bits per heavy atom. The van der Waals surface area contributed by atoms with Gasteiger partial charge in [0.2, 0.25) is 0 Å². The molecule has 16 aromatic rings. The van der Waals surface area contributed by atoms with Gasteiger partial charge in [-0.15, -0.1) is 0 Å². The third kappa shape index (κ3) is 7.49. The number of nitrogens with zero attached hydrogens (tertiary/aromatic N) is 4. The normalized spacial score (nSPS) is 12.7. The van der Waals surface area contributed by atoms with Gasteiger partial charge in [-0.2, -0.15) is 0 Å². The molecule has 1 spiro atoms. The van der Waals surface area contributed by atoms with Gasteiger partial charge in [0, 0.05) is 49.5 Å². The molecule has 0 bridgehead atoms. The Hall–Kier alpha value is -11.5. The Bertz CT molecular complexity index is 5350. The maximum Gasteiger partial charge on any atom is 0.164 e. The number of rotatable bonds is 8. The average molecular weight is 1110 g/mol. The van der Waals surface area contributed by atoms with Crippen LogP contribution < -0.4 is 0 Å². The first-order valence-corrected chi connectivity index (χ1v) is 29.7. The Labute approximate surface area is 502 Å². The molecule has 0 unspecified atom stereocenters. The number of hydrogen-bond donors (Lipinski definition) is 0. The minimum absolute atomic E-state index is 0.485. The van der Waals surface area contributed by atoms with Crippen LogP contribution in [0.1, 0.15) is 22.3 Å². The first-order chi connectivity index (χ1) is 43.1. The molecule has 5 nitrogen and oxygen atoms in total. The highest BCUT2D eigenvalue weighted by Crippen LogP contribution is 2.64. The molecule has 3 aromatic heterocycles. The van der Waals surface area contributed by atoms with Gasteiger partial charge in [-0.3, -0.25) is 0 Å². The second-order valence-corrected chi connectivity index (χ2v) is 22.9. The SMILES string of the molecule is c1ccc(-c2ccc(-c3nc(-c4cccc(-c5cc(-c6ccccc6)cc(-c6ccccc6)c5)c4)nc(-c4cccc5oc6ccc(-n7c8ccccc8c8ccc9c(c87)-c7ccccc7C97c8ccccc8-c8ccccc87)cc6c45)n3)cc2)cc1. The Morgan fingerprint density at radius 1 is 0.276 bits per heavy atom. The van der Waals surface area contributed by atoms with Crippen molar-refractivity contribution < 1.29 is 4.42 Å². The quantitative estimate of drug-likeness (QED) is 0.152. The van der Waals surface area contributed by atoms with E-state index in [0.717, 1.165) is 94.3 Å². The van der Waals surface area contributed by atoms with Gasteiger partial charge in [0.25, 0.3) is 0 Å². The number of para-hydroxylation sites is 1. The van der Waals surface area contributed by atoms with E-state index in [4.69, 9.17) is 19.4 Å². The van der Waals surface area contributed by atoms with Gasteiger partial charge in [-0.25, -0.2) is 15.0 Å². The predicted octanol–water partition coefficient (Wildman–Crippen LogP) is 20.9. The molecule has 5 heteroatoms. The summed E-state index contributed by atoms with van der Waals surface area (Å²) in [5, 5.41) is 4.31. The van der Waals surface area contributed by atoms with Crippen molar-refractivity contribution in [2.24, 2.45) is 0 Å². The summed E-state index contributed by atoms with van der Waals surface area (Å²) in [5.74, 6) is 1.70. The van der Waals surface area contributed by atoms with Crippen LogP contribution in [0.15, 0.2) is 308 Å². The highest BCUT2D eigenvalue weighted by Gasteiger charge is 2.52. The molecule has 0 saturated heterocycles. The van der Waals surface area contributed by atoms with Crippen molar-refractivity contribution in [1.29, 1.82) is 0 Å². The lowest BCUT2D eigenvalue weighted by Gasteiger charge is -2.30. The third-order valence-electron chi connectivity index (χ3n) is 18.3. The van der Waals surface area contributed by atoms with Gasteiger partial charge >= 0.3 is 0 Å². The summed E-state index contributed by atoms with van der Waals surface area (Å²) in [5.41, 5.74) is 26.4. The van der Waals surface area contributed by atoms with Crippen molar-refractivity contribution in [3.63, 3.8) is 0 Å². The fourth-order valence-corrected chi connectivity index (χ4v) is 14.5. The van der Waals surface area contributed by atoms with E-state index in [1.165, 1.54) is 60.8 Å². The van der Waals surface area contributed by atoms with Crippen LogP contribution in [0, 0.1) is 0 Å². The van der Waals surface area contributed by atoms with Crippen molar-refractivity contribution >= 4 is 43.7 Å². The predicted molar refractivity (Wildman–Crippen MR) is 356 cm³/mol. The molecule has 18 rings (SSSR count). The zero-order chi connectivity index (χ0) is 57.2. The van der Waals surface area contributed by atoms with Gasteiger partial charge in [0.1, 0.15) is 11.2 Å². The van der Waals surface area contributed by atoms with Crippen molar-refractivity contribution in [2.75, 3.05) is 0 Å². The number of aromatic nitrogens is 4. The first-order valence-electron chi connectivity index (χ1n) is 29.7. The molecule has 3 heterocycles. The monoisotopic (exact) mass is 1110 g/mol. The van der Waals surface area contributed by atoms with Crippen molar-refractivity contribution in [3.05, 3.63) is 326 Å². The van der Waals surface area contributed by atoms with Gasteiger partial charge in [0.05, 0.1) is 16.4 Å². The van der Waals surface area contributed by atoms with Crippen LogP contribution >= 0.6 is 0 Å². The minimum Gasteiger partial charge on any atom is -0.456 e. The summed E-state index contributed by atoms with van der Waals surface area (Å²) in [7, 11) is 0. The zero-order valence-corrected chi connectivity index (χ0v) is 47.1. The second-order valence-electron chi connectivity index (χ2n) is 22.9. The van der Waals surface area contributed by atoms with Gasteiger partial charge in [-0.1, -0.05) is 249 Å². The lowest BCUT2D eigenvalue weighted by Crippen LogP contribution is -2.25. The summed E-state index contributed by atoms with van der Waals surface area (Å²) in [6.07, 6.45) is 0. The molecule has 0 atom stereocenters. The summed E-state index contributed by atoms with van der Waals surface area (Å²) >= 11 is 0. The lowest BCUT2D eigenvalue weighted by atomic mass is 9.70. The molecule has 0 saturated carbocycles. The first kappa shape index (κ1) is 48.9. The molecule has 0 aliphatic heterocycles. The minimum atomic E-state index is -0.485. The second kappa shape index (κ2) is 19.3. The van der Waals surface area contributed by atoms with Crippen LogP contribution in [-0.2, 0) is 5.41 Å². The van der Waals surface area contributed by atoms with Gasteiger partial charge < -0.3 is 8.98 Å². The van der Waals surface area contributed by atoms with Crippen LogP contribution in [0.2, 0.25) is 0 Å². The fraction of sp³-hybridized carbons (Fsp3) is 0.0122. The third-order valence-corrected chi connectivity index (χ3v) is 18.3. The number of furan rings is 1. The van der Waals surface area contributed by atoms with E-state index in [2.05, 4.69) is 296 Å². The molecule has 0 N–H and O–H groups in total. The van der Waals surface area contributed by atoms with E-state index in [-0.39, 0.29) is 0 Å². The van der Waals surface area contributed by atoms with Crippen LogP contribution in [-0.4, -0.2) is 19.5 Å². The highest BCUT2D eigenvalue weighted by molar-refractivity contribution is 6.18. The Balaban J connectivity index is 0.834. The van der Waals surface area contributed by atoms with Crippen LogP contribution in [0.25, 0.3) is 150 Å². The zero-order valence-electron chi connectivity index (χ0n) is 47.1. The smallest absolute Gasteiger partial charge is 0.164 e.